The van der Waals surface area contributed by atoms with Gasteiger partial charge in [-0.3, -0.25) is 0 Å². The average Bonchev–Trinajstić information content (AvgIpc) is 2.31. The van der Waals surface area contributed by atoms with Gasteiger partial charge in [-0.15, -0.1) is 0 Å². The maximum atomic E-state index is 6.05. The lowest BCUT2D eigenvalue weighted by atomic mass is 10.2. The van der Waals surface area contributed by atoms with Crippen molar-refractivity contribution >= 4 is 44.7 Å². The Balaban J connectivity index is 2.44. The van der Waals surface area contributed by atoms with Gasteiger partial charge in [-0.2, -0.15) is 0 Å². The van der Waals surface area contributed by atoms with Crippen LogP contribution >= 0.6 is 39.7 Å². The molecule has 0 aliphatic carbocycles. The predicted molar refractivity (Wildman–Crippen MR) is 81.6 cm³/mol. The number of thiocarbonyl (C=S) groups is 1. The smallest absolute Gasteiger partial charge is 0.146 e. The summed E-state index contributed by atoms with van der Waals surface area (Å²) >= 11 is 14.5. The molecule has 18 heavy (non-hydrogen) atoms. The van der Waals surface area contributed by atoms with E-state index >= 15 is 0 Å². The molecule has 2 aromatic rings. The number of hydrogen-bond acceptors (Lipinski definition) is 2. The van der Waals surface area contributed by atoms with Gasteiger partial charge in [-0.1, -0.05) is 42.0 Å². The summed E-state index contributed by atoms with van der Waals surface area (Å²) in [5.41, 5.74) is 6.36. The molecule has 0 fully saturated rings. The molecule has 0 saturated carbocycles. The van der Waals surface area contributed by atoms with Crippen molar-refractivity contribution < 1.29 is 4.74 Å². The van der Waals surface area contributed by atoms with Crippen molar-refractivity contribution in [3.63, 3.8) is 0 Å². The minimum Gasteiger partial charge on any atom is -0.455 e. The van der Waals surface area contributed by atoms with Gasteiger partial charge in [-0.25, -0.2) is 0 Å². The van der Waals surface area contributed by atoms with Gasteiger partial charge in [0.05, 0.1) is 10.6 Å². The van der Waals surface area contributed by atoms with Gasteiger partial charge >= 0.3 is 0 Å². The molecule has 0 aliphatic rings. The minimum atomic E-state index is 0.268. The van der Waals surface area contributed by atoms with Crippen molar-refractivity contribution in [1.82, 2.24) is 0 Å². The van der Waals surface area contributed by atoms with Crippen LogP contribution in [-0.2, 0) is 0 Å². The second kappa shape index (κ2) is 5.69. The van der Waals surface area contributed by atoms with E-state index in [1.54, 1.807) is 18.2 Å². The van der Waals surface area contributed by atoms with Crippen LogP contribution in [0.4, 0.5) is 0 Å². The summed E-state index contributed by atoms with van der Waals surface area (Å²) in [5.74, 6) is 1.14. The Morgan fingerprint density at radius 2 is 1.78 bits per heavy atom. The Hall–Kier alpha value is -1.10. The number of rotatable bonds is 3. The van der Waals surface area contributed by atoms with E-state index in [1.165, 1.54) is 0 Å². The number of ether oxygens (including phenoxy) is 1. The Morgan fingerprint density at radius 1 is 1.11 bits per heavy atom. The summed E-state index contributed by atoms with van der Waals surface area (Å²) in [6.07, 6.45) is 0. The molecule has 92 valence electrons. The van der Waals surface area contributed by atoms with Gasteiger partial charge in [-0.05, 0) is 40.2 Å². The highest BCUT2D eigenvalue weighted by Crippen LogP contribution is 2.33. The van der Waals surface area contributed by atoms with Crippen molar-refractivity contribution in [1.29, 1.82) is 0 Å². The first-order valence-electron chi connectivity index (χ1n) is 5.10. The zero-order chi connectivity index (χ0) is 13.1. The molecule has 0 atom stereocenters. The molecule has 0 radical (unpaired) electrons. The van der Waals surface area contributed by atoms with Crippen molar-refractivity contribution in [3.8, 4) is 11.5 Å². The highest BCUT2D eigenvalue weighted by atomic mass is 79.9. The first-order chi connectivity index (χ1) is 8.59. The van der Waals surface area contributed by atoms with E-state index in [2.05, 4.69) is 15.9 Å². The van der Waals surface area contributed by atoms with Gasteiger partial charge in [0.2, 0.25) is 0 Å². The van der Waals surface area contributed by atoms with Crippen LogP contribution in [0.5, 0.6) is 11.5 Å². The van der Waals surface area contributed by atoms with Crippen molar-refractivity contribution in [3.05, 3.63) is 57.5 Å². The first-order valence-corrected chi connectivity index (χ1v) is 6.68. The zero-order valence-electron chi connectivity index (χ0n) is 9.19. The lowest BCUT2D eigenvalue weighted by Crippen LogP contribution is -2.11. The molecule has 0 saturated heterocycles. The lowest BCUT2D eigenvalue weighted by molar-refractivity contribution is 0.481. The van der Waals surface area contributed by atoms with Crippen LogP contribution < -0.4 is 10.5 Å². The predicted octanol–water partition coefficient (Wildman–Crippen LogP) is 4.53. The molecule has 5 heteroatoms. The fourth-order valence-corrected chi connectivity index (χ4v) is 2.55. The maximum Gasteiger partial charge on any atom is 0.146 e. The summed E-state index contributed by atoms with van der Waals surface area (Å²) in [4.78, 5) is 0.268. The minimum absolute atomic E-state index is 0.268. The van der Waals surface area contributed by atoms with Crippen LogP contribution in [0.15, 0.2) is 46.9 Å². The van der Waals surface area contributed by atoms with Crippen molar-refractivity contribution in [2.24, 2.45) is 5.73 Å². The molecule has 0 heterocycles. The summed E-state index contributed by atoms with van der Waals surface area (Å²) in [5, 5.41) is 0.534. The van der Waals surface area contributed by atoms with Crippen molar-refractivity contribution in [2.45, 2.75) is 0 Å². The zero-order valence-corrected chi connectivity index (χ0v) is 12.3. The Bertz CT molecular complexity index is 603. The van der Waals surface area contributed by atoms with E-state index < -0.39 is 0 Å². The molecule has 2 N–H and O–H groups in total. The normalized spacial score (nSPS) is 10.1. The van der Waals surface area contributed by atoms with Gasteiger partial charge in [0.1, 0.15) is 16.5 Å². The van der Waals surface area contributed by atoms with Crippen LogP contribution in [0.25, 0.3) is 0 Å². The van der Waals surface area contributed by atoms with Crippen LogP contribution in [0.3, 0.4) is 0 Å². The molecule has 0 unspecified atom stereocenters. The molecule has 2 aromatic carbocycles. The fourth-order valence-electron chi connectivity index (χ4n) is 1.47. The van der Waals surface area contributed by atoms with E-state index in [-0.39, 0.29) is 4.99 Å². The van der Waals surface area contributed by atoms with Gasteiger partial charge < -0.3 is 10.5 Å². The number of hydrogen-bond donors (Lipinski definition) is 1. The van der Waals surface area contributed by atoms with E-state index in [0.29, 0.717) is 22.1 Å². The third-order valence-corrected chi connectivity index (χ3v) is 3.46. The first kappa shape index (κ1) is 13.3. The maximum absolute atomic E-state index is 6.05. The molecular weight excluding hydrogens is 334 g/mol. The summed E-state index contributed by atoms with van der Waals surface area (Å²) < 4.78 is 6.54. The number of halogens is 2. The number of benzene rings is 2. The molecule has 0 amide bonds. The summed E-state index contributed by atoms with van der Waals surface area (Å²) in [6, 6.07) is 12.7. The van der Waals surface area contributed by atoms with Gasteiger partial charge in [0, 0.05) is 4.47 Å². The molecule has 0 spiro atoms. The SMILES string of the molecule is NC(=S)c1c(Br)cccc1Oc1ccccc1Cl. The largest absolute Gasteiger partial charge is 0.455 e. The fraction of sp³-hybridized carbons (Fsp3) is 0. The molecule has 2 nitrogen and oxygen atoms in total. The number of nitrogens with two attached hydrogens (primary N) is 1. The quantitative estimate of drug-likeness (QED) is 0.832. The highest BCUT2D eigenvalue weighted by molar-refractivity contribution is 9.10. The van der Waals surface area contributed by atoms with Crippen LogP contribution in [0, 0.1) is 0 Å². The molecule has 2 rings (SSSR count). The topological polar surface area (TPSA) is 35.2 Å². The van der Waals surface area contributed by atoms with Crippen molar-refractivity contribution in [2.75, 3.05) is 0 Å². The second-order valence-electron chi connectivity index (χ2n) is 3.51. The monoisotopic (exact) mass is 341 g/mol. The van der Waals surface area contributed by atoms with Crippen LogP contribution in [0.2, 0.25) is 5.02 Å². The lowest BCUT2D eigenvalue weighted by Gasteiger charge is -2.12. The Morgan fingerprint density at radius 3 is 2.44 bits per heavy atom. The van der Waals surface area contributed by atoms with Gasteiger partial charge in [0.15, 0.2) is 0 Å². The molecular formula is C13H9BrClNOS. The third kappa shape index (κ3) is 2.83. The Kier molecular flexibility index (Phi) is 4.22. The van der Waals surface area contributed by atoms with E-state index in [1.807, 2.05) is 24.3 Å². The molecule has 0 aromatic heterocycles. The number of para-hydroxylation sites is 1. The molecule has 0 aliphatic heterocycles. The standard InChI is InChI=1S/C13H9BrClNOS/c14-8-4-3-7-11(12(8)13(16)18)17-10-6-2-1-5-9(10)15/h1-7H,(H2,16,18). The summed E-state index contributed by atoms with van der Waals surface area (Å²) in [6.45, 7) is 0. The van der Waals surface area contributed by atoms with E-state index in [9.17, 15) is 0 Å². The highest BCUT2D eigenvalue weighted by Gasteiger charge is 2.12. The molecule has 0 bridgehead atoms. The van der Waals surface area contributed by atoms with Gasteiger partial charge in [0.25, 0.3) is 0 Å². The average molecular weight is 343 g/mol. The summed E-state index contributed by atoms with van der Waals surface area (Å²) in [7, 11) is 0. The van der Waals surface area contributed by atoms with Crippen LogP contribution in [-0.4, -0.2) is 4.99 Å². The van der Waals surface area contributed by atoms with E-state index in [0.717, 1.165) is 4.47 Å². The Labute approximate surface area is 124 Å². The second-order valence-corrected chi connectivity index (χ2v) is 5.21. The van der Waals surface area contributed by atoms with E-state index in [4.69, 9.17) is 34.3 Å². The third-order valence-electron chi connectivity index (χ3n) is 2.28. The van der Waals surface area contributed by atoms with Crippen LogP contribution in [0.1, 0.15) is 5.56 Å².